The summed E-state index contributed by atoms with van der Waals surface area (Å²) in [6.45, 7) is 0.779. The number of alkyl halides is 3. The number of carbonyl (C=O) groups is 1. The summed E-state index contributed by atoms with van der Waals surface area (Å²) in [4.78, 5) is 14.8. The predicted octanol–water partition coefficient (Wildman–Crippen LogP) is 1.60. The molecule has 1 aliphatic heterocycles. The molecule has 1 N–H and O–H groups in total. The monoisotopic (exact) mass is 264 g/mol. The predicted molar refractivity (Wildman–Crippen MR) is 52.8 cm³/mol. The summed E-state index contributed by atoms with van der Waals surface area (Å²) < 4.78 is 46.8. The normalized spacial score (nSPS) is 20.1. The maximum absolute atomic E-state index is 12.4. The smallest absolute Gasteiger partial charge is 0.438 e. The second kappa shape index (κ2) is 4.97. The Kier molecular flexibility index (Phi) is 3.55. The Labute approximate surface area is 100 Å². The molecule has 1 aromatic heterocycles. The Morgan fingerprint density at radius 1 is 1.56 bits per heavy atom. The average Bonchev–Trinajstić information content (AvgIpc) is 2.95. The molecule has 1 amide bonds. The number of aromatic nitrogens is 1. The van der Waals surface area contributed by atoms with Gasteiger partial charge in [-0.05, 0) is 12.8 Å². The molecule has 1 fully saturated rings. The van der Waals surface area contributed by atoms with Crippen molar-refractivity contribution in [2.45, 2.75) is 25.1 Å². The van der Waals surface area contributed by atoms with Gasteiger partial charge in [-0.2, -0.15) is 13.2 Å². The van der Waals surface area contributed by atoms with Gasteiger partial charge in [0.15, 0.2) is 12.1 Å². The first kappa shape index (κ1) is 12.9. The molecule has 2 rings (SSSR count). The van der Waals surface area contributed by atoms with Crippen LogP contribution in [0, 0.1) is 0 Å². The van der Waals surface area contributed by atoms with E-state index in [9.17, 15) is 18.0 Å². The van der Waals surface area contributed by atoms with E-state index in [1.807, 2.05) is 0 Å². The lowest BCUT2D eigenvalue weighted by Gasteiger charge is -2.10. The van der Waals surface area contributed by atoms with Crippen LogP contribution in [0.1, 0.15) is 29.1 Å². The van der Waals surface area contributed by atoms with Gasteiger partial charge >= 0.3 is 6.18 Å². The minimum absolute atomic E-state index is 0.143. The molecule has 8 heteroatoms. The van der Waals surface area contributed by atoms with Gasteiger partial charge in [-0.1, -0.05) is 0 Å². The van der Waals surface area contributed by atoms with Crippen molar-refractivity contribution in [3.05, 3.63) is 17.8 Å². The molecule has 2 heterocycles. The van der Waals surface area contributed by atoms with Gasteiger partial charge in [-0.25, -0.2) is 4.98 Å². The van der Waals surface area contributed by atoms with Crippen LogP contribution in [-0.4, -0.2) is 30.1 Å². The molecule has 0 bridgehead atoms. The quantitative estimate of drug-likeness (QED) is 0.900. The maximum Gasteiger partial charge on any atom is 0.452 e. The molecule has 1 aromatic rings. The number of carbonyl (C=O) groups excluding carboxylic acids is 1. The molecular formula is C10H11F3N2O3. The van der Waals surface area contributed by atoms with Crippen LogP contribution in [0.3, 0.4) is 0 Å². The van der Waals surface area contributed by atoms with Crippen molar-refractivity contribution < 1.29 is 27.1 Å². The van der Waals surface area contributed by atoms with Gasteiger partial charge in [0.2, 0.25) is 5.76 Å². The van der Waals surface area contributed by atoms with E-state index in [2.05, 4.69) is 14.7 Å². The van der Waals surface area contributed by atoms with Crippen molar-refractivity contribution in [3.8, 4) is 0 Å². The van der Waals surface area contributed by atoms with Crippen LogP contribution < -0.4 is 5.32 Å². The van der Waals surface area contributed by atoms with Gasteiger partial charge in [0, 0.05) is 13.2 Å². The van der Waals surface area contributed by atoms with Crippen LogP contribution in [0.15, 0.2) is 10.8 Å². The summed E-state index contributed by atoms with van der Waals surface area (Å²) in [5.41, 5.74) is -0.750. The Morgan fingerprint density at radius 2 is 2.33 bits per heavy atom. The third kappa shape index (κ3) is 2.81. The summed E-state index contributed by atoms with van der Waals surface area (Å²) >= 11 is 0. The molecule has 0 aromatic carbocycles. The van der Waals surface area contributed by atoms with Crippen LogP contribution in [0.2, 0.25) is 0 Å². The Hall–Kier alpha value is -1.57. The maximum atomic E-state index is 12.4. The molecule has 100 valence electrons. The SMILES string of the molecule is O=C(NCC1CCCO1)c1ncoc1C(F)(F)F. The second-order valence-electron chi connectivity index (χ2n) is 3.87. The van der Waals surface area contributed by atoms with E-state index >= 15 is 0 Å². The molecule has 1 saturated heterocycles. The highest BCUT2D eigenvalue weighted by molar-refractivity contribution is 5.93. The highest BCUT2D eigenvalue weighted by Gasteiger charge is 2.40. The van der Waals surface area contributed by atoms with Crippen LogP contribution in [0.4, 0.5) is 13.2 Å². The van der Waals surface area contributed by atoms with Crippen LogP contribution in [0.5, 0.6) is 0 Å². The highest BCUT2D eigenvalue weighted by atomic mass is 19.4. The first-order valence-corrected chi connectivity index (χ1v) is 5.39. The number of ether oxygens (including phenoxy) is 1. The number of rotatable bonds is 3. The molecule has 18 heavy (non-hydrogen) atoms. The zero-order valence-electron chi connectivity index (χ0n) is 9.29. The molecule has 5 nitrogen and oxygen atoms in total. The number of nitrogens with zero attached hydrogens (tertiary/aromatic N) is 1. The fraction of sp³-hybridized carbons (Fsp3) is 0.600. The Morgan fingerprint density at radius 3 is 2.94 bits per heavy atom. The molecule has 1 atom stereocenters. The van der Waals surface area contributed by atoms with E-state index in [1.54, 1.807) is 0 Å². The van der Waals surface area contributed by atoms with Gasteiger partial charge in [0.1, 0.15) is 0 Å². The van der Waals surface area contributed by atoms with Crippen LogP contribution in [-0.2, 0) is 10.9 Å². The molecule has 0 aliphatic carbocycles. The Balaban J connectivity index is 1.98. The van der Waals surface area contributed by atoms with Gasteiger partial charge < -0.3 is 14.5 Å². The number of nitrogens with one attached hydrogen (secondary N) is 1. The topological polar surface area (TPSA) is 64.4 Å². The number of oxazole rings is 1. The first-order valence-electron chi connectivity index (χ1n) is 5.39. The van der Waals surface area contributed by atoms with Crippen molar-refractivity contribution in [3.63, 3.8) is 0 Å². The van der Waals surface area contributed by atoms with Crippen LogP contribution >= 0.6 is 0 Å². The minimum Gasteiger partial charge on any atom is -0.438 e. The van der Waals surface area contributed by atoms with E-state index in [0.29, 0.717) is 13.0 Å². The minimum atomic E-state index is -4.73. The number of amides is 1. The molecule has 1 aliphatic rings. The average molecular weight is 264 g/mol. The zero-order chi connectivity index (χ0) is 13.2. The zero-order valence-corrected chi connectivity index (χ0v) is 9.29. The summed E-state index contributed by atoms with van der Waals surface area (Å²) in [5.74, 6) is -2.29. The van der Waals surface area contributed by atoms with E-state index in [0.717, 1.165) is 12.8 Å². The molecule has 0 spiro atoms. The first-order chi connectivity index (χ1) is 8.48. The van der Waals surface area contributed by atoms with E-state index in [4.69, 9.17) is 4.74 Å². The fourth-order valence-corrected chi connectivity index (χ4v) is 1.70. The van der Waals surface area contributed by atoms with E-state index < -0.39 is 23.5 Å². The van der Waals surface area contributed by atoms with Gasteiger partial charge in [-0.3, -0.25) is 4.79 Å². The van der Waals surface area contributed by atoms with Crippen molar-refractivity contribution in [1.82, 2.24) is 10.3 Å². The standard InChI is InChI=1S/C10H11F3N2O3/c11-10(12,13)8-7(15-5-18-8)9(16)14-4-6-2-1-3-17-6/h5-6H,1-4H2,(H,14,16). The lowest BCUT2D eigenvalue weighted by atomic mass is 10.2. The summed E-state index contributed by atoms with van der Waals surface area (Å²) in [7, 11) is 0. The van der Waals surface area contributed by atoms with Gasteiger partial charge in [0.05, 0.1) is 6.10 Å². The van der Waals surface area contributed by atoms with E-state index in [-0.39, 0.29) is 12.6 Å². The molecule has 0 saturated carbocycles. The van der Waals surface area contributed by atoms with Gasteiger partial charge in [-0.15, -0.1) is 0 Å². The van der Waals surface area contributed by atoms with Crippen molar-refractivity contribution in [1.29, 1.82) is 0 Å². The fourth-order valence-electron chi connectivity index (χ4n) is 1.70. The van der Waals surface area contributed by atoms with Crippen molar-refractivity contribution >= 4 is 5.91 Å². The molecule has 0 radical (unpaired) electrons. The van der Waals surface area contributed by atoms with E-state index in [1.165, 1.54) is 0 Å². The molecule has 1 unspecified atom stereocenters. The summed E-state index contributed by atoms with van der Waals surface area (Å²) in [6.07, 6.45) is -2.60. The third-order valence-electron chi connectivity index (χ3n) is 2.55. The lowest BCUT2D eigenvalue weighted by Crippen LogP contribution is -2.33. The number of hydrogen-bond acceptors (Lipinski definition) is 4. The lowest BCUT2D eigenvalue weighted by molar-refractivity contribution is -0.153. The second-order valence-corrected chi connectivity index (χ2v) is 3.87. The Bertz CT molecular complexity index is 424. The van der Waals surface area contributed by atoms with Crippen LogP contribution in [0.25, 0.3) is 0 Å². The highest BCUT2D eigenvalue weighted by Crippen LogP contribution is 2.31. The number of hydrogen-bond donors (Lipinski definition) is 1. The third-order valence-corrected chi connectivity index (χ3v) is 2.55. The van der Waals surface area contributed by atoms with Crippen molar-refractivity contribution in [2.75, 3.05) is 13.2 Å². The number of halogens is 3. The van der Waals surface area contributed by atoms with Crippen molar-refractivity contribution in [2.24, 2.45) is 0 Å². The largest absolute Gasteiger partial charge is 0.452 e. The summed E-state index contributed by atoms with van der Waals surface area (Å²) in [5, 5.41) is 2.35. The summed E-state index contributed by atoms with van der Waals surface area (Å²) in [6, 6.07) is 0. The van der Waals surface area contributed by atoms with Gasteiger partial charge in [0.25, 0.3) is 5.91 Å². The molecular weight excluding hydrogens is 253 g/mol.